The van der Waals surface area contributed by atoms with Gasteiger partial charge in [-0.3, -0.25) is 0 Å². The van der Waals surface area contributed by atoms with Crippen LogP contribution in [-0.2, 0) is 4.74 Å². The van der Waals surface area contributed by atoms with Crippen molar-refractivity contribution in [3.63, 3.8) is 0 Å². The lowest BCUT2D eigenvalue weighted by atomic mass is 10.0. The molecule has 1 aliphatic rings. The minimum absolute atomic E-state index is 0.342. The summed E-state index contributed by atoms with van der Waals surface area (Å²) in [6.07, 6.45) is -3.70. The highest BCUT2D eigenvalue weighted by Gasteiger charge is 2.44. The SMILES string of the molecule is COc1ccc(Br)cc1[C@@H]1O[C@H](CO)[C@@H](O)[C@H]1O. The van der Waals surface area contributed by atoms with E-state index in [9.17, 15) is 10.2 Å². The zero-order valence-corrected chi connectivity index (χ0v) is 11.4. The molecule has 3 N–H and O–H groups in total. The van der Waals surface area contributed by atoms with Crippen LogP contribution in [0.15, 0.2) is 22.7 Å². The Morgan fingerprint density at radius 2 is 2.06 bits per heavy atom. The van der Waals surface area contributed by atoms with Crippen molar-refractivity contribution in [3.8, 4) is 5.75 Å². The molecule has 0 spiro atoms. The minimum Gasteiger partial charge on any atom is -0.496 e. The van der Waals surface area contributed by atoms with E-state index in [0.717, 1.165) is 4.47 Å². The average molecular weight is 319 g/mol. The Bertz CT molecular complexity index is 425. The molecule has 1 aromatic rings. The van der Waals surface area contributed by atoms with Gasteiger partial charge in [0.25, 0.3) is 0 Å². The van der Waals surface area contributed by atoms with Crippen LogP contribution in [-0.4, -0.2) is 47.3 Å². The van der Waals surface area contributed by atoms with Gasteiger partial charge < -0.3 is 24.8 Å². The van der Waals surface area contributed by atoms with Gasteiger partial charge in [0.1, 0.15) is 30.2 Å². The van der Waals surface area contributed by atoms with E-state index >= 15 is 0 Å². The number of rotatable bonds is 3. The molecule has 0 amide bonds. The van der Waals surface area contributed by atoms with Crippen LogP contribution in [0.5, 0.6) is 5.75 Å². The van der Waals surface area contributed by atoms with E-state index in [2.05, 4.69) is 15.9 Å². The molecule has 100 valence electrons. The van der Waals surface area contributed by atoms with Crippen LogP contribution >= 0.6 is 15.9 Å². The van der Waals surface area contributed by atoms with Crippen LogP contribution in [0.3, 0.4) is 0 Å². The number of ether oxygens (including phenoxy) is 2. The molecule has 0 aliphatic carbocycles. The maximum Gasteiger partial charge on any atom is 0.124 e. The summed E-state index contributed by atoms with van der Waals surface area (Å²) in [6, 6.07) is 5.32. The Kier molecular flexibility index (Phi) is 4.24. The van der Waals surface area contributed by atoms with Gasteiger partial charge in [-0.15, -0.1) is 0 Å². The summed E-state index contributed by atoms with van der Waals surface area (Å²) in [6.45, 7) is -0.342. The largest absolute Gasteiger partial charge is 0.496 e. The molecular formula is C12H15BrO5. The quantitative estimate of drug-likeness (QED) is 0.761. The zero-order chi connectivity index (χ0) is 13.3. The van der Waals surface area contributed by atoms with Crippen molar-refractivity contribution >= 4 is 15.9 Å². The van der Waals surface area contributed by atoms with Gasteiger partial charge in [-0.25, -0.2) is 0 Å². The third-order valence-corrected chi connectivity index (χ3v) is 3.53. The van der Waals surface area contributed by atoms with Crippen LogP contribution in [0.1, 0.15) is 11.7 Å². The van der Waals surface area contributed by atoms with Crippen molar-refractivity contribution < 1.29 is 24.8 Å². The maximum absolute atomic E-state index is 9.97. The van der Waals surface area contributed by atoms with Gasteiger partial charge in [0.15, 0.2) is 0 Å². The van der Waals surface area contributed by atoms with Gasteiger partial charge in [-0.1, -0.05) is 15.9 Å². The van der Waals surface area contributed by atoms with Crippen LogP contribution in [0.4, 0.5) is 0 Å². The molecule has 0 bridgehead atoms. The predicted octanol–water partition coefficient (Wildman–Crippen LogP) is 0.612. The Morgan fingerprint density at radius 1 is 1.33 bits per heavy atom. The van der Waals surface area contributed by atoms with E-state index in [0.29, 0.717) is 11.3 Å². The first-order valence-electron chi connectivity index (χ1n) is 5.54. The van der Waals surface area contributed by atoms with Gasteiger partial charge in [-0.05, 0) is 18.2 Å². The fourth-order valence-corrected chi connectivity index (χ4v) is 2.46. The van der Waals surface area contributed by atoms with Crippen molar-refractivity contribution in [2.45, 2.75) is 24.4 Å². The number of methoxy groups -OCH3 is 1. The number of aliphatic hydroxyl groups is 3. The number of halogens is 1. The molecule has 4 atom stereocenters. The fourth-order valence-electron chi connectivity index (χ4n) is 2.08. The summed E-state index contributed by atoms with van der Waals surface area (Å²) in [7, 11) is 1.52. The lowest BCUT2D eigenvalue weighted by Crippen LogP contribution is -2.32. The Hall–Kier alpha value is -0.660. The average Bonchev–Trinajstić information content (AvgIpc) is 2.66. The number of hydrogen-bond donors (Lipinski definition) is 3. The normalized spacial score (nSPS) is 31.6. The van der Waals surface area contributed by atoms with E-state index in [1.165, 1.54) is 7.11 Å². The Balaban J connectivity index is 2.34. The van der Waals surface area contributed by atoms with Gasteiger partial charge in [0.05, 0.1) is 13.7 Å². The first kappa shape index (κ1) is 13.8. The highest BCUT2D eigenvalue weighted by molar-refractivity contribution is 9.10. The smallest absolute Gasteiger partial charge is 0.124 e. The van der Waals surface area contributed by atoms with Crippen molar-refractivity contribution in [1.82, 2.24) is 0 Å². The molecular weight excluding hydrogens is 304 g/mol. The number of hydrogen-bond acceptors (Lipinski definition) is 5. The van der Waals surface area contributed by atoms with Gasteiger partial charge in [0, 0.05) is 10.0 Å². The van der Waals surface area contributed by atoms with Gasteiger partial charge >= 0.3 is 0 Å². The molecule has 1 heterocycles. The summed E-state index contributed by atoms with van der Waals surface area (Å²) in [4.78, 5) is 0. The zero-order valence-electron chi connectivity index (χ0n) is 9.78. The van der Waals surface area contributed by atoms with Crippen molar-refractivity contribution in [2.24, 2.45) is 0 Å². The van der Waals surface area contributed by atoms with E-state index in [-0.39, 0.29) is 6.61 Å². The summed E-state index contributed by atoms with van der Waals surface area (Å²) in [5.41, 5.74) is 0.634. The number of benzene rings is 1. The second kappa shape index (κ2) is 5.54. The lowest BCUT2D eigenvalue weighted by molar-refractivity contribution is -0.0233. The highest BCUT2D eigenvalue weighted by Crippen LogP contribution is 2.39. The molecule has 1 saturated heterocycles. The molecule has 0 saturated carbocycles. The van der Waals surface area contributed by atoms with Gasteiger partial charge in [0.2, 0.25) is 0 Å². The number of aliphatic hydroxyl groups excluding tert-OH is 3. The van der Waals surface area contributed by atoms with Crippen molar-refractivity contribution in [3.05, 3.63) is 28.2 Å². The maximum atomic E-state index is 9.97. The van der Waals surface area contributed by atoms with E-state index in [4.69, 9.17) is 14.6 Å². The standard InChI is InChI=1S/C12H15BrO5/c1-17-8-3-2-6(13)4-7(8)12-11(16)10(15)9(5-14)18-12/h2-4,9-12,14-16H,5H2,1H3/t9-,10-,11-,12+/m1/s1. The lowest BCUT2D eigenvalue weighted by Gasteiger charge is -2.18. The van der Waals surface area contributed by atoms with Crippen LogP contribution in [0.2, 0.25) is 0 Å². The molecule has 1 aromatic carbocycles. The minimum atomic E-state index is -1.11. The predicted molar refractivity (Wildman–Crippen MR) is 67.4 cm³/mol. The second-order valence-electron chi connectivity index (χ2n) is 4.15. The molecule has 0 radical (unpaired) electrons. The van der Waals surface area contributed by atoms with Crippen LogP contribution in [0, 0.1) is 0 Å². The van der Waals surface area contributed by atoms with Crippen molar-refractivity contribution in [1.29, 1.82) is 0 Å². The van der Waals surface area contributed by atoms with Crippen LogP contribution in [0.25, 0.3) is 0 Å². The molecule has 1 aliphatic heterocycles. The molecule has 1 fully saturated rings. The molecule has 2 rings (SSSR count). The van der Waals surface area contributed by atoms with E-state index in [1.807, 2.05) is 6.07 Å². The van der Waals surface area contributed by atoms with E-state index < -0.39 is 24.4 Å². The summed E-state index contributed by atoms with van der Waals surface area (Å²) < 4.78 is 11.5. The highest BCUT2D eigenvalue weighted by atomic mass is 79.9. The molecule has 5 nitrogen and oxygen atoms in total. The summed E-state index contributed by atoms with van der Waals surface area (Å²) >= 11 is 3.34. The summed E-state index contributed by atoms with van der Waals surface area (Å²) in [5, 5.41) is 28.8. The first-order valence-corrected chi connectivity index (χ1v) is 6.33. The van der Waals surface area contributed by atoms with Crippen LogP contribution < -0.4 is 4.74 Å². The molecule has 0 aromatic heterocycles. The topological polar surface area (TPSA) is 79.2 Å². The first-order chi connectivity index (χ1) is 8.58. The molecule has 0 unspecified atom stereocenters. The van der Waals surface area contributed by atoms with Crippen molar-refractivity contribution in [2.75, 3.05) is 13.7 Å². The third-order valence-electron chi connectivity index (χ3n) is 3.04. The van der Waals surface area contributed by atoms with E-state index in [1.54, 1.807) is 12.1 Å². The Morgan fingerprint density at radius 3 is 2.61 bits per heavy atom. The second-order valence-corrected chi connectivity index (χ2v) is 5.06. The fraction of sp³-hybridized carbons (Fsp3) is 0.500. The Labute approximate surface area is 113 Å². The molecule has 6 heteroatoms. The third kappa shape index (κ3) is 2.39. The monoisotopic (exact) mass is 318 g/mol. The van der Waals surface area contributed by atoms with Gasteiger partial charge in [-0.2, -0.15) is 0 Å². The molecule has 18 heavy (non-hydrogen) atoms. The summed E-state index contributed by atoms with van der Waals surface area (Å²) in [5.74, 6) is 0.563.